The van der Waals surface area contributed by atoms with Gasteiger partial charge in [0.05, 0.1) is 5.60 Å². The molecule has 1 aromatic carbocycles. The molecular weight excluding hydrogens is 280 g/mol. The summed E-state index contributed by atoms with van der Waals surface area (Å²) in [5.41, 5.74) is 0.998. The molecule has 0 aromatic heterocycles. The van der Waals surface area contributed by atoms with E-state index in [0.717, 1.165) is 31.4 Å². The number of benzene rings is 1. The van der Waals surface area contributed by atoms with E-state index in [0.29, 0.717) is 12.3 Å². The molecule has 21 heavy (non-hydrogen) atoms. The summed E-state index contributed by atoms with van der Waals surface area (Å²) < 4.78 is 6.13. The highest BCUT2D eigenvalue weighted by Gasteiger charge is 2.38. The SMILES string of the molecule is O=C(CCC1CCOC2(CCSCC2)C1)c1ccccc1. The third-order valence-corrected chi connectivity index (χ3v) is 5.86. The molecule has 0 radical (unpaired) electrons. The number of hydrogen-bond donors (Lipinski definition) is 0. The van der Waals surface area contributed by atoms with Crippen molar-refractivity contribution in [2.45, 2.75) is 44.1 Å². The molecule has 1 spiro atoms. The molecule has 1 atom stereocenters. The Labute approximate surface area is 131 Å². The van der Waals surface area contributed by atoms with Crippen LogP contribution in [-0.2, 0) is 4.74 Å². The maximum atomic E-state index is 12.2. The molecule has 2 aliphatic heterocycles. The Kier molecular flexibility index (Phi) is 5.02. The summed E-state index contributed by atoms with van der Waals surface area (Å²) in [6.45, 7) is 0.884. The predicted molar refractivity (Wildman–Crippen MR) is 88.0 cm³/mol. The van der Waals surface area contributed by atoms with Gasteiger partial charge < -0.3 is 4.74 Å². The van der Waals surface area contributed by atoms with Gasteiger partial charge in [0.25, 0.3) is 0 Å². The first-order valence-corrected chi connectivity index (χ1v) is 9.23. The molecule has 0 aliphatic carbocycles. The van der Waals surface area contributed by atoms with E-state index in [1.807, 2.05) is 42.1 Å². The number of carbonyl (C=O) groups excluding carboxylic acids is 1. The first-order valence-electron chi connectivity index (χ1n) is 8.07. The molecule has 3 rings (SSSR count). The second-order valence-electron chi connectivity index (χ2n) is 6.33. The number of thioether (sulfide) groups is 1. The van der Waals surface area contributed by atoms with Crippen molar-refractivity contribution >= 4 is 17.5 Å². The zero-order chi connectivity index (χ0) is 14.5. The second kappa shape index (κ2) is 6.97. The minimum atomic E-state index is 0.143. The number of carbonyl (C=O) groups is 1. The highest BCUT2D eigenvalue weighted by Crippen LogP contribution is 2.41. The second-order valence-corrected chi connectivity index (χ2v) is 7.56. The van der Waals surface area contributed by atoms with Gasteiger partial charge in [-0.1, -0.05) is 30.3 Å². The molecule has 0 amide bonds. The fourth-order valence-corrected chi connectivity index (χ4v) is 4.81. The minimum Gasteiger partial charge on any atom is -0.375 e. The van der Waals surface area contributed by atoms with Gasteiger partial charge in [-0.2, -0.15) is 11.8 Å². The van der Waals surface area contributed by atoms with E-state index in [1.165, 1.54) is 24.3 Å². The van der Waals surface area contributed by atoms with Crippen LogP contribution in [0, 0.1) is 5.92 Å². The van der Waals surface area contributed by atoms with Crippen LogP contribution in [0.3, 0.4) is 0 Å². The number of ether oxygens (including phenoxy) is 1. The van der Waals surface area contributed by atoms with E-state index < -0.39 is 0 Å². The van der Waals surface area contributed by atoms with E-state index >= 15 is 0 Å². The Hall–Kier alpha value is -0.800. The average molecular weight is 304 g/mol. The van der Waals surface area contributed by atoms with E-state index in [1.54, 1.807) is 0 Å². The largest absolute Gasteiger partial charge is 0.375 e. The summed E-state index contributed by atoms with van der Waals surface area (Å²) in [6, 6.07) is 9.69. The molecular formula is C18H24O2S. The molecule has 1 unspecified atom stereocenters. The van der Waals surface area contributed by atoms with Gasteiger partial charge in [-0.3, -0.25) is 4.79 Å². The maximum Gasteiger partial charge on any atom is 0.162 e. The zero-order valence-corrected chi connectivity index (χ0v) is 13.4. The van der Waals surface area contributed by atoms with Crippen LogP contribution in [0.25, 0.3) is 0 Å². The van der Waals surface area contributed by atoms with Crippen LogP contribution in [0.2, 0.25) is 0 Å². The topological polar surface area (TPSA) is 26.3 Å². The summed E-state index contributed by atoms with van der Waals surface area (Å²) in [5, 5.41) is 0. The van der Waals surface area contributed by atoms with Gasteiger partial charge in [-0.05, 0) is 49.5 Å². The number of hydrogen-bond acceptors (Lipinski definition) is 3. The van der Waals surface area contributed by atoms with Crippen molar-refractivity contribution in [3.05, 3.63) is 35.9 Å². The first kappa shape index (κ1) is 15.1. The van der Waals surface area contributed by atoms with Gasteiger partial charge in [-0.15, -0.1) is 0 Å². The van der Waals surface area contributed by atoms with Gasteiger partial charge in [-0.25, -0.2) is 0 Å². The Morgan fingerprint density at radius 1 is 1.24 bits per heavy atom. The summed E-state index contributed by atoms with van der Waals surface area (Å²) in [5.74, 6) is 3.41. The first-order chi connectivity index (χ1) is 10.3. The number of Topliss-reactive ketones (excluding diaryl/α,β-unsaturated/α-hetero) is 1. The molecule has 1 aromatic rings. The molecule has 0 saturated carbocycles. The molecule has 3 heteroatoms. The Morgan fingerprint density at radius 3 is 2.76 bits per heavy atom. The lowest BCUT2D eigenvalue weighted by Gasteiger charge is -2.43. The molecule has 2 nitrogen and oxygen atoms in total. The highest BCUT2D eigenvalue weighted by atomic mass is 32.2. The quantitative estimate of drug-likeness (QED) is 0.774. The highest BCUT2D eigenvalue weighted by molar-refractivity contribution is 7.99. The summed E-state index contributed by atoms with van der Waals surface area (Å²) in [7, 11) is 0. The van der Waals surface area contributed by atoms with Crippen molar-refractivity contribution in [1.82, 2.24) is 0 Å². The molecule has 114 valence electrons. The fourth-order valence-electron chi connectivity index (χ4n) is 3.57. The van der Waals surface area contributed by atoms with Crippen LogP contribution in [0.5, 0.6) is 0 Å². The zero-order valence-electron chi connectivity index (χ0n) is 12.6. The van der Waals surface area contributed by atoms with Crippen LogP contribution in [0.15, 0.2) is 30.3 Å². The van der Waals surface area contributed by atoms with Crippen LogP contribution >= 0.6 is 11.8 Å². The smallest absolute Gasteiger partial charge is 0.162 e. The summed E-state index contributed by atoms with van der Waals surface area (Å²) in [6.07, 6.45) is 6.37. The molecule has 2 saturated heterocycles. The molecule has 0 N–H and O–H groups in total. The lowest BCUT2D eigenvalue weighted by molar-refractivity contribution is -0.103. The van der Waals surface area contributed by atoms with Crippen LogP contribution in [0.1, 0.15) is 48.9 Å². The standard InChI is InChI=1S/C18H24O2S/c19-17(16-4-2-1-3-5-16)7-6-15-8-11-20-18(14-15)9-12-21-13-10-18/h1-5,15H,6-14H2. The summed E-state index contributed by atoms with van der Waals surface area (Å²) >= 11 is 2.05. The van der Waals surface area contributed by atoms with Gasteiger partial charge >= 0.3 is 0 Å². The molecule has 0 bridgehead atoms. The third-order valence-electron chi connectivity index (χ3n) is 4.87. The van der Waals surface area contributed by atoms with Crippen molar-refractivity contribution in [2.24, 2.45) is 5.92 Å². The Morgan fingerprint density at radius 2 is 2.00 bits per heavy atom. The number of ketones is 1. The van der Waals surface area contributed by atoms with Crippen molar-refractivity contribution in [1.29, 1.82) is 0 Å². The minimum absolute atomic E-state index is 0.143. The summed E-state index contributed by atoms with van der Waals surface area (Å²) in [4.78, 5) is 12.2. The Bertz CT molecular complexity index is 460. The molecule has 2 heterocycles. The van der Waals surface area contributed by atoms with Crippen molar-refractivity contribution in [3.8, 4) is 0 Å². The lowest BCUT2D eigenvalue weighted by Crippen LogP contribution is -2.42. The Balaban J connectivity index is 1.52. The lowest BCUT2D eigenvalue weighted by atomic mass is 9.79. The maximum absolute atomic E-state index is 12.2. The molecule has 2 aliphatic rings. The van der Waals surface area contributed by atoms with Crippen molar-refractivity contribution < 1.29 is 9.53 Å². The van der Waals surface area contributed by atoms with Crippen LogP contribution in [0.4, 0.5) is 0 Å². The van der Waals surface area contributed by atoms with Crippen molar-refractivity contribution in [2.75, 3.05) is 18.1 Å². The fraction of sp³-hybridized carbons (Fsp3) is 0.611. The van der Waals surface area contributed by atoms with E-state index in [4.69, 9.17) is 4.74 Å². The normalized spacial score (nSPS) is 24.9. The van der Waals surface area contributed by atoms with Crippen LogP contribution < -0.4 is 0 Å². The monoisotopic (exact) mass is 304 g/mol. The van der Waals surface area contributed by atoms with E-state index in [2.05, 4.69) is 0 Å². The van der Waals surface area contributed by atoms with E-state index in [-0.39, 0.29) is 11.4 Å². The van der Waals surface area contributed by atoms with Crippen LogP contribution in [-0.4, -0.2) is 29.5 Å². The van der Waals surface area contributed by atoms with Gasteiger partial charge in [0.2, 0.25) is 0 Å². The van der Waals surface area contributed by atoms with Crippen molar-refractivity contribution in [3.63, 3.8) is 0 Å². The van der Waals surface area contributed by atoms with E-state index in [9.17, 15) is 4.79 Å². The predicted octanol–water partition coefficient (Wildman–Crippen LogP) is 4.34. The van der Waals surface area contributed by atoms with Gasteiger partial charge in [0, 0.05) is 18.6 Å². The third kappa shape index (κ3) is 3.89. The average Bonchev–Trinajstić information content (AvgIpc) is 2.54. The number of rotatable bonds is 4. The molecule has 2 fully saturated rings. The van der Waals surface area contributed by atoms with Gasteiger partial charge in [0.1, 0.15) is 0 Å². The van der Waals surface area contributed by atoms with Gasteiger partial charge in [0.15, 0.2) is 5.78 Å².